The fraction of sp³-hybridized carbons (Fsp3) is 0.0667. The highest BCUT2D eigenvalue weighted by Crippen LogP contribution is 2.29. The van der Waals surface area contributed by atoms with E-state index in [1.54, 1.807) is 0 Å². The van der Waals surface area contributed by atoms with E-state index in [0.717, 1.165) is 23.0 Å². The number of aliphatic imine (C=N–C) groups is 1. The van der Waals surface area contributed by atoms with Crippen LogP contribution in [0.3, 0.4) is 0 Å². The van der Waals surface area contributed by atoms with Crippen molar-refractivity contribution in [1.29, 1.82) is 0 Å². The first-order chi connectivity index (χ1) is 11.0. The smallest absolute Gasteiger partial charge is 0.401 e. The molecule has 0 spiro atoms. The number of hydrogen-bond acceptors (Lipinski definition) is 6. The van der Waals surface area contributed by atoms with Crippen LogP contribution in [-0.2, 0) is 4.79 Å². The first kappa shape index (κ1) is 15.0. The van der Waals surface area contributed by atoms with Crippen LogP contribution in [0.5, 0.6) is 0 Å². The van der Waals surface area contributed by atoms with Crippen LogP contribution in [0.25, 0.3) is 6.08 Å². The quantitative estimate of drug-likeness (QED) is 0.529. The van der Waals surface area contributed by atoms with Crippen molar-refractivity contribution in [1.82, 2.24) is 5.32 Å². The minimum atomic E-state index is -0.630. The third kappa shape index (κ3) is 3.49. The number of carbonyl (C=O) groups is 1. The molecule has 1 amide bonds. The molecule has 1 N–H and O–H groups in total. The van der Waals surface area contributed by atoms with Crippen LogP contribution in [0.1, 0.15) is 11.3 Å². The number of thioether (sulfide) groups is 1. The van der Waals surface area contributed by atoms with Crippen molar-refractivity contribution in [2.75, 3.05) is 0 Å². The van der Waals surface area contributed by atoms with E-state index >= 15 is 0 Å². The molecule has 0 aliphatic carbocycles. The van der Waals surface area contributed by atoms with Crippen molar-refractivity contribution in [2.45, 2.75) is 6.92 Å². The lowest BCUT2D eigenvalue weighted by Crippen LogP contribution is -2.19. The maximum Gasteiger partial charge on any atom is 0.433 e. The van der Waals surface area contributed by atoms with Crippen molar-refractivity contribution >= 4 is 40.5 Å². The molecule has 3 rings (SSSR count). The van der Waals surface area contributed by atoms with E-state index in [-0.39, 0.29) is 17.6 Å². The summed E-state index contributed by atoms with van der Waals surface area (Å²) in [6.45, 7) is 1.96. The molecule has 1 aliphatic rings. The molecule has 0 unspecified atom stereocenters. The lowest BCUT2D eigenvalue weighted by atomic mass is 10.2. The Labute approximate surface area is 135 Å². The highest BCUT2D eigenvalue weighted by Gasteiger charge is 2.24. The Kier molecular flexibility index (Phi) is 3.98. The Hall–Kier alpha value is -2.87. The molecule has 0 atom stereocenters. The number of furan rings is 1. The molecule has 8 heteroatoms. The van der Waals surface area contributed by atoms with Gasteiger partial charge in [0.15, 0.2) is 5.17 Å². The van der Waals surface area contributed by atoms with Crippen molar-refractivity contribution in [3.63, 3.8) is 0 Å². The minimum Gasteiger partial charge on any atom is -0.401 e. The summed E-state index contributed by atoms with van der Waals surface area (Å²) >= 11 is 1.15. The molecular formula is C15H11N3O4S. The summed E-state index contributed by atoms with van der Waals surface area (Å²) in [6.07, 6.45) is 1.45. The normalized spacial score (nSPS) is 17.7. The highest BCUT2D eigenvalue weighted by molar-refractivity contribution is 8.18. The molecule has 0 saturated carbocycles. The summed E-state index contributed by atoms with van der Waals surface area (Å²) in [4.78, 5) is 26.6. The van der Waals surface area contributed by atoms with Gasteiger partial charge in [-0.25, -0.2) is 4.99 Å². The number of hydrogen-bond donors (Lipinski definition) is 1. The van der Waals surface area contributed by atoms with E-state index in [0.29, 0.717) is 10.1 Å². The summed E-state index contributed by atoms with van der Waals surface area (Å²) in [5.41, 5.74) is 1.81. The summed E-state index contributed by atoms with van der Waals surface area (Å²) < 4.78 is 5.02. The monoisotopic (exact) mass is 329 g/mol. The molecule has 7 nitrogen and oxygen atoms in total. The van der Waals surface area contributed by atoms with Crippen LogP contribution in [0, 0.1) is 17.0 Å². The van der Waals surface area contributed by atoms with E-state index < -0.39 is 4.92 Å². The standard InChI is InChI=1S/C15H11N3O4S/c1-9-3-2-4-10(7-9)16-15-17-14(19)12(23-15)8-11-5-6-13(22-11)18(20)21/h2-8H,1H3,(H,16,17,19)/b12-8-. The van der Waals surface area contributed by atoms with Crippen LogP contribution in [0.4, 0.5) is 11.6 Å². The fourth-order valence-corrected chi connectivity index (χ4v) is 2.76. The number of nitrogens with one attached hydrogen (secondary N) is 1. The molecule has 0 bridgehead atoms. The van der Waals surface area contributed by atoms with Gasteiger partial charge in [-0.1, -0.05) is 12.1 Å². The molecule has 0 radical (unpaired) electrons. The molecule has 2 aromatic rings. The topological polar surface area (TPSA) is 97.7 Å². The first-order valence-corrected chi connectivity index (χ1v) is 7.43. The molecular weight excluding hydrogens is 318 g/mol. The van der Waals surface area contributed by atoms with Crippen molar-refractivity contribution in [3.05, 3.63) is 62.7 Å². The number of aryl methyl sites for hydroxylation is 1. The Morgan fingerprint density at radius 3 is 2.87 bits per heavy atom. The van der Waals surface area contributed by atoms with E-state index in [4.69, 9.17) is 4.42 Å². The number of amidine groups is 1. The van der Waals surface area contributed by atoms with Gasteiger partial charge in [-0.05, 0) is 42.4 Å². The zero-order chi connectivity index (χ0) is 16.4. The van der Waals surface area contributed by atoms with Gasteiger partial charge in [0.2, 0.25) is 0 Å². The lowest BCUT2D eigenvalue weighted by Gasteiger charge is -1.97. The summed E-state index contributed by atoms with van der Waals surface area (Å²) in [5, 5.41) is 13.7. The largest absolute Gasteiger partial charge is 0.433 e. The molecule has 1 saturated heterocycles. The second-order valence-corrected chi connectivity index (χ2v) is 5.78. The van der Waals surface area contributed by atoms with Gasteiger partial charge in [-0.15, -0.1) is 0 Å². The molecule has 23 heavy (non-hydrogen) atoms. The van der Waals surface area contributed by atoms with Gasteiger partial charge >= 0.3 is 5.88 Å². The van der Waals surface area contributed by atoms with Gasteiger partial charge in [-0.2, -0.15) is 0 Å². The Balaban J connectivity index is 1.81. The van der Waals surface area contributed by atoms with Crippen molar-refractivity contribution in [2.24, 2.45) is 4.99 Å². The third-order valence-electron chi connectivity index (χ3n) is 2.95. The third-order valence-corrected chi connectivity index (χ3v) is 3.86. The van der Waals surface area contributed by atoms with E-state index in [1.807, 2.05) is 31.2 Å². The fourth-order valence-electron chi connectivity index (χ4n) is 1.94. The number of rotatable bonds is 3. The summed E-state index contributed by atoms with van der Waals surface area (Å²) in [6, 6.07) is 10.3. The van der Waals surface area contributed by atoms with Gasteiger partial charge in [0.1, 0.15) is 10.7 Å². The average Bonchev–Trinajstić information content (AvgIpc) is 3.07. The average molecular weight is 329 g/mol. The summed E-state index contributed by atoms with van der Waals surface area (Å²) in [5.74, 6) is -0.444. The van der Waals surface area contributed by atoms with E-state index in [2.05, 4.69) is 10.3 Å². The number of carbonyl (C=O) groups excluding carboxylic acids is 1. The summed E-state index contributed by atoms with van der Waals surface area (Å²) in [7, 11) is 0. The van der Waals surface area contributed by atoms with Gasteiger partial charge in [-0.3, -0.25) is 14.9 Å². The van der Waals surface area contributed by atoms with E-state index in [9.17, 15) is 14.9 Å². The number of benzene rings is 1. The maximum absolute atomic E-state index is 11.9. The number of nitro groups is 1. The van der Waals surface area contributed by atoms with Gasteiger partial charge in [0.25, 0.3) is 5.91 Å². The second-order valence-electron chi connectivity index (χ2n) is 4.75. The predicted octanol–water partition coefficient (Wildman–Crippen LogP) is 3.39. The van der Waals surface area contributed by atoms with Crippen LogP contribution < -0.4 is 5.32 Å². The van der Waals surface area contributed by atoms with Crippen LogP contribution >= 0.6 is 11.8 Å². The van der Waals surface area contributed by atoms with Crippen LogP contribution in [0.2, 0.25) is 0 Å². The van der Waals surface area contributed by atoms with Gasteiger partial charge in [0.05, 0.1) is 16.7 Å². The molecule has 1 aromatic carbocycles. The van der Waals surface area contributed by atoms with Crippen molar-refractivity contribution in [3.8, 4) is 0 Å². The first-order valence-electron chi connectivity index (χ1n) is 6.62. The second kappa shape index (κ2) is 6.09. The van der Waals surface area contributed by atoms with Gasteiger partial charge in [0, 0.05) is 6.08 Å². The Bertz CT molecular complexity index is 854. The van der Waals surface area contributed by atoms with Crippen LogP contribution in [0.15, 0.2) is 50.7 Å². The molecule has 1 aliphatic heterocycles. The zero-order valence-electron chi connectivity index (χ0n) is 12.0. The number of nitrogens with zero attached hydrogens (tertiary/aromatic N) is 2. The van der Waals surface area contributed by atoms with Crippen LogP contribution in [-0.4, -0.2) is 16.0 Å². The molecule has 1 aromatic heterocycles. The van der Waals surface area contributed by atoms with E-state index in [1.165, 1.54) is 18.2 Å². The lowest BCUT2D eigenvalue weighted by molar-refractivity contribution is -0.402. The number of amides is 1. The SMILES string of the molecule is Cc1cccc(N=C2NC(=O)/C(=C/c3ccc([N+](=O)[O-])o3)S2)c1. The van der Waals surface area contributed by atoms with Crippen molar-refractivity contribution < 1.29 is 14.1 Å². The Morgan fingerprint density at radius 1 is 1.35 bits per heavy atom. The zero-order valence-corrected chi connectivity index (χ0v) is 12.8. The minimum absolute atomic E-state index is 0.242. The molecule has 2 heterocycles. The Morgan fingerprint density at radius 2 is 2.17 bits per heavy atom. The molecule has 116 valence electrons. The predicted molar refractivity (Wildman–Crippen MR) is 87.3 cm³/mol. The molecule has 1 fully saturated rings. The highest BCUT2D eigenvalue weighted by atomic mass is 32.2. The maximum atomic E-state index is 11.9. The van der Waals surface area contributed by atoms with Gasteiger partial charge < -0.3 is 9.73 Å².